The van der Waals surface area contributed by atoms with Gasteiger partial charge in [-0.1, -0.05) is 20.8 Å². The molecule has 9 nitrogen and oxygen atoms in total. The van der Waals surface area contributed by atoms with Gasteiger partial charge in [-0.25, -0.2) is 22.8 Å². The Bertz CT molecular complexity index is 1380. The lowest BCUT2D eigenvalue weighted by Gasteiger charge is -2.36. The lowest BCUT2D eigenvalue weighted by atomic mass is 9.95. The van der Waals surface area contributed by atoms with E-state index in [1.165, 1.54) is 28.8 Å². The number of anilines is 1. The van der Waals surface area contributed by atoms with E-state index in [1.807, 2.05) is 0 Å². The number of hydrogen-bond acceptors (Lipinski definition) is 8. The molecule has 2 aromatic heterocycles. The number of benzene rings is 1. The molecule has 0 spiro atoms. The van der Waals surface area contributed by atoms with Crippen LogP contribution in [0.2, 0.25) is 0 Å². The lowest BCUT2D eigenvalue weighted by Crippen LogP contribution is -2.47. The molecule has 14 heteroatoms. The summed E-state index contributed by atoms with van der Waals surface area (Å²) in [6.45, 7) is 7.81. The normalized spacial score (nSPS) is 15.6. The summed E-state index contributed by atoms with van der Waals surface area (Å²) in [5, 5.41) is 7.68. The molecule has 4 rings (SSSR count). The highest BCUT2D eigenvalue weighted by Gasteiger charge is 2.36. The van der Waals surface area contributed by atoms with E-state index in [1.54, 1.807) is 32.7 Å². The standard InChI is InChI=1S/C25H31F4N7O2S/c1-24(2,3)22-30-19(25(27,28)29)16-20(31-22)36-13-11-35(12-14-36)10-5-15-39(37,38)23-33-32-21(34(23)4)17-6-8-18(26)9-7-17/h6-9,16H,5,10-15H2,1-4H3. The molecule has 1 aromatic carbocycles. The van der Waals surface area contributed by atoms with E-state index >= 15 is 0 Å². The third-order valence-electron chi connectivity index (χ3n) is 6.47. The van der Waals surface area contributed by atoms with Crippen molar-refractivity contribution in [1.82, 2.24) is 29.6 Å². The SMILES string of the molecule is Cn1c(-c2ccc(F)cc2)nnc1S(=O)(=O)CCCN1CCN(c2cc(C(F)(F)F)nc(C(C)(C)C)n2)CC1. The average Bonchev–Trinajstić information content (AvgIpc) is 3.25. The van der Waals surface area contributed by atoms with E-state index in [-0.39, 0.29) is 22.6 Å². The molecule has 1 saturated heterocycles. The Kier molecular flexibility index (Phi) is 7.99. The molecule has 1 aliphatic heterocycles. The van der Waals surface area contributed by atoms with Gasteiger partial charge in [-0.15, -0.1) is 10.2 Å². The van der Waals surface area contributed by atoms with Gasteiger partial charge in [-0.05, 0) is 37.2 Å². The highest BCUT2D eigenvalue weighted by molar-refractivity contribution is 7.91. The van der Waals surface area contributed by atoms with Gasteiger partial charge < -0.3 is 9.47 Å². The first-order chi connectivity index (χ1) is 18.1. The Labute approximate surface area is 224 Å². The Morgan fingerprint density at radius 3 is 2.18 bits per heavy atom. The lowest BCUT2D eigenvalue weighted by molar-refractivity contribution is -0.141. The fraction of sp³-hybridized carbons (Fsp3) is 0.520. The molecule has 0 radical (unpaired) electrons. The van der Waals surface area contributed by atoms with Gasteiger partial charge in [0.15, 0.2) is 5.82 Å². The van der Waals surface area contributed by atoms with E-state index < -0.39 is 32.9 Å². The van der Waals surface area contributed by atoms with Crippen LogP contribution in [0, 0.1) is 5.82 Å². The topological polar surface area (TPSA) is 97.1 Å². The van der Waals surface area contributed by atoms with Gasteiger partial charge in [-0.3, -0.25) is 4.90 Å². The molecule has 0 saturated carbocycles. The number of piperazine rings is 1. The third kappa shape index (κ3) is 6.72. The summed E-state index contributed by atoms with van der Waals surface area (Å²) in [4.78, 5) is 12.0. The van der Waals surface area contributed by atoms with Crippen LogP contribution in [0.3, 0.4) is 0 Å². The van der Waals surface area contributed by atoms with Gasteiger partial charge in [0.05, 0.1) is 5.75 Å². The second kappa shape index (κ2) is 10.8. The largest absolute Gasteiger partial charge is 0.433 e. The number of halogens is 4. The van der Waals surface area contributed by atoms with Gasteiger partial charge in [-0.2, -0.15) is 13.2 Å². The van der Waals surface area contributed by atoms with Crippen molar-refractivity contribution in [2.45, 2.75) is 43.9 Å². The van der Waals surface area contributed by atoms with Crippen molar-refractivity contribution < 1.29 is 26.0 Å². The smallest absolute Gasteiger partial charge is 0.354 e. The van der Waals surface area contributed by atoms with Crippen LogP contribution in [0.5, 0.6) is 0 Å². The molecule has 0 amide bonds. The van der Waals surface area contributed by atoms with Crippen molar-refractivity contribution in [2.75, 3.05) is 43.4 Å². The van der Waals surface area contributed by atoms with Crippen LogP contribution in [0.25, 0.3) is 11.4 Å². The number of rotatable bonds is 7. The maximum absolute atomic E-state index is 13.5. The fourth-order valence-electron chi connectivity index (χ4n) is 4.28. The Balaban J connectivity index is 1.35. The Morgan fingerprint density at radius 1 is 0.949 bits per heavy atom. The number of aromatic nitrogens is 5. The monoisotopic (exact) mass is 569 g/mol. The number of alkyl halides is 3. The molecule has 3 heterocycles. The van der Waals surface area contributed by atoms with E-state index in [2.05, 4.69) is 25.1 Å². The summed E-state index contributed by atoms with van der Waals surface area (Å²) < 4.78 is 80.9. The second-order valence-corrected chi connectivity index (χ2v) is 12.6. The molecule has 39 heavy (non-hydrogen) atoms. The molecule has 1 fully saturated rings. The van der Waals surface area contributed by atoms with Crippen LogP contribution in [0.1, 0.15) is 38.7 Å². The summed E-state index contributed by atoms with van der Waals surface area (Å²) in [7, 11) is -2.17. The maximum atomic E-state index is 13.5. The van der Waals surface area contributed by atoms with Crippen molar-refractivity contribution in [1.29, 1.82) is 0 Å². The quantitative estimate of drug-likeness (QED) is 0.398. The van der Waals surface area contributed by atoms with Crippen LogP contribution in [0.4, 0.5) is 23.4 Å². The number of sulfone groups is 1. The highest BCUT2D eigenvalue weighted by Crippen LogP contribution is 2.32. The molecule has 3 aromatic rings. The minimum atomic E-state index is -4.58. The summed E-state index contributed by atoms with van der Waals surface area (Å²) in [6.07, 6.45) is -4.23. The first kappa shape index (κ1) is 28.9. The average molecular weight is 570 g/mol. The van der Waals surface area contributed by atoms with Crippen molar-refractivity contribution >= 4 is 15.7 Å². The van der Waals surface area contributed by atoms with E-state index in [9.17, 15) is 26.0 Å². The van der Waals surface area contributed by atoms with Gasteiger partial charge in [0.25, 0.3) is 0 Å². The van der Waals surface area contributed by atoms with Gasteiger partial charge in [0.1, 0.15) is 23.2 Å². The highest BCUT2D eigenvalue weighted by atomic mass is 32.2. The zero-order valence-electron chi connectivity index (χ0n) is 22.2. The molecule has 1 aliphatic rings. The van der Waals surface area contributed by atoms with Crippen molar-refractivity contribution in [3.63, 3.8) is 0 Å². The fourth-order valence-corrected chi connectivity index (χ4v) is 5.64. The second-order valence-electron chi connectivity index (χ2n) is 10.6. The Morgan fingerprint density at radius 2 is 1.59 bits per heavy atom. The first-order valence-corrected chi connectivity index (χ1v) is 14.1. The van der Waals surface area contributed by atoms with Gasteiger partial charge in [0.2, 0.25) is 15.0 Å². The van der Waals surface area contributed by atoms with Crippen LogP contribution >= 0.6 is 0 Å². The Hall–Kier alpha value is -3.13. The predicted molar refractivity (Wildman–Crippen MR) is 137 cm³/mol. The van der Waals surface area contributed by atoms with E-state index in [0.29, 0.717) is 50.5 Å². The molecular weight excluding hydrogens is 538 g/mol. The molecule has 212 valence electrons. The summed E-state index contributed by atoms with van der Waals surface area (Å²) >= 11 is 0. The molecular formula is C25H31F4N7O2S. The van der Waals surface area contributed by atoms with Crippen LogP contribution in [-0.4, -0.2) is 76.5 Å². The number of nitrogens with zero attached hydrogens (tertiary/aromatic N) is 7. The van der Waals surface area contributed by atoms with Crippen LogP contribution < -0.4 is 4.90 Å². The molecule has 0 aliphatic carbocycles. The minimum Gasteiger partial charge on any atom is -0.354 e. The van der Waals surface area contributed by atoms with E-state index in [0.717, 1.165) is 6.07 Å². The van der Waals surface area contributed by atoms with Gasteiger partial charge in [0, 0.05) is 50.3 Å². The van der Waals surface area contributed by atoms with Crippen molar-refractivity contribution in [3.05, 3.63) is 47.7 Å². The molecule has 0 N–H and O–H groups in total. The van der Waals surface area contributed by atoms with Gasteiger partial charge >= 0.3 is 6.18 Å². The van der Waals surface area contributed by atoms with Crippen LogP contribution in [0.15, 0.2) is 35.5 Å². The zero-order valence-corrected chi connectivity index (χ0v) is 23.0. The molecule has 0 atom stereocenters. The van der Waals surface area contributed by atoms with Crippen molar-refractivity contribution in [2.24, 2.45) is 7.05 Å². The predicted octanol–water partition coefficient (Wildman–Crippen LogP) is 3.71. The van der Waals surface area contributed by atoms with Crippen LogP contribution in [-0.2, 0) is 28.5 Å². The van der Waals surface area contributed by atoms with Crippen molar-refractivity contribution in [3.8, 4) is 11.4 Å². The molecule has 0 unspecified atom stereocenters. The minimum absolute atomic E-state index is 0.131. The summed E-state index contributed by atoms with van der Waals surface area (Å²) in [5.74, 6) is 0.137. The van der Waals surface area contributed by atoms with E-state index in [4.69, 9.17) is 0 Å². The summed E-state index contributed by atoms with van der Waals surface area (Å²) in [6, 6.07) is 6.52. The third-order valence-corrected chi connectivity index (χ3v) is 8.21. The maximum Gasteiger partial charge on any atom is 0.433 e. The molecule has 0 bridgehead atoms. The summed E-state index contributed by atoms with van der Waals surface area (Å²) in [5.41, 5.74) is -1.06. The zero-order chi connectivity index (χ0) is 28.6. The number of hydrogen-bond donors (Lipinski definition) is 0. The first-order valence-electron chi connectivity index (χ1n) is 12.5.